The first-order valence-electron chi connectivity index (χ1n) is 15.2. The monoisotopic (exact) mass is 632 g/mol. The van der Waals surface area contributed by atoms with E-state index >= 15 is 0 Å². The maximum Gasteiger partial charge on any atom is 0.332 e. The van der Waals surface area contributed by atoms with Gasteiger partial charge in [0.25, 0.3) is 11.1 Å². The van der Waals surface area contributed by atoms with E-state index in [-0.39, 0.29) is 11.1 Å². The van der Waals surface area contributed by atoms with Crippen molar-refractivity contribution in [1.29, 1.82) is 0 Å². The van der Waals surface area contributed by atoms with E-state index in [1.165, 1.54) is 59.6 Å². The Morgan fingerprint density at radius 3 is 1.28 bits per heavy atom. The van der Waals surface area contributed by atoms with E-state index in [0.29, 0.717) is 50.8 Å². The summed E-state index contributed by atoms with van der Waals surface area (Å²) in [5.74, 6) is 0. The molecule has 43 heavy (non-hydrogen) atoms. The first kappa shape index (κ1) is 32.9. The zero-order chi connectivity index (χ0) is 31.3. The molecule has 4 rings (SSSR count). The van der Waals surface area contributed by atoms with Gasteiger partial charge in [-0.15, -0.1) is 0 Å². The van der Waals surface area contributed by atoms with E-state index in [2.05, 4.69) is 13.8 Å². The lowest BCUT2D eigenvalue weighted by atomic mass is 10.1. The van der Waals surface area contributed by atoms with Crippen molar-refractivity contribution in [2.45, 2.75) is 101 Å². The first-order valence-corrected chi connectivity index (χ1v) is 17.2. The van der Waals surface area contributed by atoms with Crippen LogP contribution in [0.25, 0.3) is 22.3 Å². The molecule has 4 heterocycles. The summed E-state index contributed by atoms with van der Waals surface area (Å²) in [7, 11) is 6.27. The van der Waals surface area contributed by atoms with Gasteiger partial charge in [0.15, 0.2) is 32.6 Å². The van der Waals surface area contributed by atoms with Crippen molar-refractivity contribution < 1.29 is 0 Å². The quantitative estimate of drug-likeness (QED) is 0.103. The van der Waals surface area contributed by atoms with Gasteiger partial charge in [0.05, 0.1) is 5.08 Å². The molecule has 4 aromatic rings. The summed E-state index contributed by atoms with van der Waals surface area (Å²) in [6, 6.07) is 0. The number of thioether (sulfide) groups is 2. The third-order valence-electron chi connectivity index (χ3n) is 7.97. The van der Waals surface area contributed by atoms with Crippen LogP contribution in [0.4, 0.5) is 0 Å². The largest absolute Gasteiger partial charge is 0.332 e. The molecule has 0 aliphatic carbocycles. The summed E-state index contributed by atoms with van der Waals surface area (Å²) in [4.78, 5) is 61.2. The zero-order valence-corrected chi connectivity index (χ0v) is 27.9. The molecule has 0 amide bonds. The summed E-state index contributed by atoms with van der Waals surface area (Å²) in [5, 5.41) is 1.85. The molecule has 0 radical (unpaired) electrons. The predicted molar refractivity (Wildman–Crippen MR) is 175 cm³/mol. The number of aromatic nitrogens is 8. The molecule has 0 N–H and O–H groups in total. The molecule has 14 heteroatoms. The maximum atomic E-state index is 13.2. The smallest absolute Gasteiger partial charge is 0.313 e. The van der Waals surface area contributed by atoms with E-state index in [9.17, 15) is 19.2 Å². The van der Waals surface area contributed by atoms with Gasteiger partial charge in [-0.2, -0.15) is 0 Å². The zero-order valence-electron chi connectivity index (χ0n) is 26.2. The number of nitrogens with zero attached hydrogens (tertiary/aromatic N) is 8. The second-order valence-corrected chi connectivity index (χ2v) is 13.3. The van der Waals surface area contributed by atoms with Gasteiger partial charge in [-0.3, -0.25) is 27.9 Å². The van der Waals surface area contributed by atoms with Gasteiger partial charge in [0.1, 0.15) is 0 Å². The van der Waals surface area contributed by atoms with Crippen molar-refractivity contribution in [2.75, 3.05) is 5.08 Å². The second kappa shape index (κ2) is 14.7. The molecule has 12 nitrogen and oxygen atoms in total. The number of hydrogen-bond acceptors (Lipinski definition) is 8. The van der Waals surface area contributed by atoms with E-state index in [0.717, 1.165) is 60.5 Å². The Morgan fingerprint density at radius 1 is 0.535 bits per heavy atom. The van der Waals surface area contributed by atoms with Crippen LogP contribution in [0.15, 0.2) is 29.5 Å². The minimum absolute atomic E-state index is 0.347. The fourth-order valence-electron chi connectivity index (χ4n) is 5.37. The Morgan fingerprint density at radius 2 is 0.907 bits per heavy atom. The average molecular weight is 633 g/mol. The summed E-state index contributed by atoms with van der Waals surface area (Å²) in [6.07, 6.45) is 10.8. The summed E-state index contributed by atoms with van der Waals surface area (Å²) in [6.45, 7) is 5.63. The number of unbranched alkanes of at least 4 members (excludes halogenated alkanes) is 8. The highest BCUT2D eigenvalue weighted by molar-refractivity contribution is 8.15. The number of aryl methyl sites for hydroxylation is 4. The molecule has 0 bridgehead atoms. The summed E-state index contributed by atoms with van der Waals surface area (Å²) in [5.41, 5.74) is 0.127. The molecule has 0 spiro atoms. The van der Waals surface area contributed by atoms with Crippen molar-refractivity contribution in [3.05, 3.63) is 41.7 Å². The van der Waals surface area contributed by atoms with E-state index in [4.69, 9.17) is 9.97 Å². The van der Waals surface area contributed by atoms with E-state index < -0.39 is 11.4 Å². The molecule has 0 saturated carbocycles. The number of rotatable bonds is 16. The van der Waals surface area contributed by atoms with Crippen LogP contribution < -0.4 is 22.5 Å². The molecule has 0 unspecified atom stereocenters. The molecule has 0 atom stereocenters. The van der Waals surface area contributed by atoms with Gasteiger partial charge in [0, 0.05) is 41.3 Å². The van der Waals surface area contributed by atoms with Gasteiger partial charge in [0.2, 0.25) is 0 Å². The maximum absolute atomic E-state index is 13.2. The highest BCUT2D eigenvalue weighted by atomic mass is 32.2. The second-order valence-electron chi connectivity index (χ2n) is 11.1. The molecule has 0 aliphatic heterocycles. The van der Waals surface area contributed by atoms with Crippen molar-refractivity contribution in [3.63, 3.8) is 0 Å². The van der Waals surface area contributed by atoms with Gasteiger partial charge >= 0.3 is 11.4 Å². The molecular weight excluding hydrogens is 589 g/mol. The molecule has 236 valence electrons. The fraction of sp³-hybridized carbons (Fsp3) is 0.655. The van der Waals surface area contributed by atoms with Crippen molar-refractivity contribution in [3.8, 4) is 0 Å². The topological polar surface area (TPSA) is 124 Å². The number of imidazole rings is 2. The van der Waals surface area contributed by atoms with Gasteiger partial charge in [-0.1, -0.05) is 88.7 Å². The van der Waals surface area contributed by atoms with Gasteiger partial charge in [-0.25, -0.2) is 19.6 Å². The standard InChI is InChI=1S/C29H44N8O4S2/c1-7-9-11-13-15-17-36-20-22(32(3)28(40)34(5)24(20)38)30-26(36)42-19-43-27-31-23-21(25(39)35(6)29(41)33(23)4)37(27)18-16-14-12-10-8-2/h7-19H2,1-6H3. The Labute approximate surface area is 259 Å². The van der Waals surface area contributed by atoms with Crippen LogP contribution in [0, 0.1) is 0 Å². The third-order valence-corrected chi connectivity index (χ3v) is 10.1. The van der Waals surface area contributed by atoms with Crippen LogP contribution in [0.1, 0.15) is 78.1 Å². The summed E-state index contributed by atoms with van der Waals surface area (Å²) >= 11 is 2.96. The highest BCUT2D eigenvalue weighted by Gasteiger charge is 2.22. The van der Waals surface area contributed by atoms with Crippen LogP contribution in [-0.2, 0) is 41.3 Å². The lowest BCUT2D eigenvalue weighted by Crippen LogP contribution is -2.37. The molecule has 0 saturated heterocycles. The van der Waals surface area contributed by atoms with Crippen LogP contribution in [-0.4, -0.2) is 42.5 Å². The predicted octanol–water partition coefficient (Wildman–Crippen LogP) is 3.96. The number of fused-ring (bicyclic) bond motifs is 2. The molecule has 0 aromatic carbocycles. The Balaban J connectivity index is 1.66. The summed E-state index contributed by atoms with van der Waals surface area (Å²) < 4.78 is 9.02. The van der Waals surface area contributed by atoms with Crippen molar-refractivity contribution in [1.82, 2.24) is 37.4 Å². The Kier molecular flexibility index (Phi) is 11.2. The van der Waals surface area contributed by atoms with Crippen molar-refractivity contribution in [2.24, 2.45) is 28.2 Å². The lowest BCUT2D eigenvalue weighted by Gasteiger charge is -2.10. The average Bonchev–Trinajstić information content (AvgIpc) is 3.55. The Bertz CT molecular complexity index is 1690. The normalized spacial score (nSPS) is 11.9. The van der Waals surface area contributed by atoms with Crippen LogP contribution >= 0.6 is 23.5 Å². The molecule has 4 aromatic heterocycles. The minimum Gasteiger partial charge on any atom is -0.313 e. The third kappa shape index (κ3) is 6.74. The minimum atomic E-state index is -0.407. The SMILES string of the molecule is CCCCCCCn1c(SCSc2nc3c(c(=O)n(C)c(=O)n3C)n2CCCCCCC)nc2c1c(=O)n(C)c(=O)n2C. The van der Waals surface area contributed by atoms with E-state index in [1.54, 1.807) is 14.1 Å². The van der Waals surface area contributed by atoms with E-state index in [1.807, 2.05) is 9.13 Å². The van der Waals surface area contributed by atoms with Crippen LogP contribution in [0.3, 0.4) is 0 Å². The molecule has 0 aliphatic rings. The number of hydrogen-bond donors (Lipinski definition) is 0. The molecule has 0 fully saturated rings. The van der Waals surface area contributed by atoms with Crippen LogP contribution in [0.5, 0.6) is 0 Å². The lowest BCUT2D eigenvalue weighted by molar-refractivity contribution is 0.550. The van der Waals surface area contributed by atoms with Gasteiger partial charge < -0.3 is 9.13 Å². The van der Waals surface area contributed by atoms with Crippen LogP contribution in [0.2, 0.25) is 0 Å². The highest BCUT2D eigenvalue weighted by Crippen LogP contribution is 2.30. The first-order chi connectivity index (χ1) is 20.6. The van der Waals surface area contributed by atoms with Gasteiger partial charge in [-0.05, 0) is 12.8 Å². The fourth-order valence-corrected chi connectivity index (χ4v) is 7.43. The molecular formula is C29H44N8O4S2. The van der Waals surface area contributed by atoms with Crippen molar-refractivity contribution >= 4 is 45.9 Å². The Hall–Kier alpha value is -3.00.